The summed E-state index contributed by atoms with van der Waals surface area (Å²) in [5.41, 5.74) is 6.27. The molecular weight excluding hydrogens is 416 g/mol. The van der Waals surface area contributed by atoms with Crippen molar-refractivity contribution in [2.75, 3.05) is 0 Å². The Morgan fingerprint density at radius 3 is 2.15 bits per heavy atom. The number of fused-ring (bicyclic) bond motifs is 5. The molecule has 4 heterocycles. The molecule has 0 aliphatic rings. The lowest BCUT2D eigenvalue weighted by Crippen LogP contribution is -2.04. The maximum Gasteiger partial charge on any atom is 0.147 e. The van der Waals surface area contributed by atoms with E-state index in [0.717, 1.165) is 45.0 Å². The average Bonchev–Trinajstić information content (AvgIpc) is 3.42. The van der Waals surface area contributed by atoms with E-state index in [-0.39, 0.29) is 0 Å². The Hall–Kier alpha value is -4.70. The smallest absolute Gasteiger partial charge is 0.147 e. The molecule has 160 valence electrons. The van der Waals surface area contributed by atoms with Crippen molar-refractivity contribution in [1.82, 2.24) is 19.1 Å². The van der Waals surface area contributed by atoms with Gasteiger partial charge in [-0.15, -0.1) is 0 Å². The SMILES string of the molecule is c1ccc(-c2cccc(-n3c4ncccc4c4c5ccccc5n(-c5ccccc5)c43)n2)cc1. The topological polar surface area (TPSA) is 35.6 Å². The zero-order chi connectivity index (χ0) is 22.5. The van der Waals surface area contributed by atoms with Gasteiger partial charge in [0.2, 0.25) is 0 Å². The molecule has 0 bridgehead atoms. The number of aromatic nitrogens is 4. The van der Waals surface area contributed by atoms with Gasteiger partial charge in [-0.2, -0.15) is 0 Å². The Morgan fingerprint density at radius 1 is 0.559 bits per heavy atom. The lowest BCUT2D eigenvalue weighted by Gasteiger charge is -2.12. The highest BCUT2D eigenvalue weighted by molar-refractivity contribution is 6.21. The minimum absolute atomic E-state index is 0.847. The molecule has 0 aliphatic carbocycles. The van der Waals surface area contributed by atoms with Crippen LogP contribution in [0, 0.1) is 0 Å². The van der Waals surface area contributed by atoms with Crippen molar-refractivity contribution >= 4 is 33.0 Å². The van der Waals surface area contributed by atoms with Crippen LogP contribution >= 0.6 is 0 Å². The van der Waals surface area contributed by atoms with Gasteiger partial charge in [0, 0.05) is 33.6 Å². The predicted octanol–water partition coefficient (Wildman–Crippen LogP) is 7.18. The molecule has 0 saturated carbocycles. The molecule has 0 N–H and O–H groups in total. The van der Waals surface area contributed by atoms with Gasteiger partial charge in [0.15, 0.2) is 0 Å². The Balaban J connectivity index is 1.65. The molecule has 3 aromatic carbocycles. The van der Waals surface area contributed by atoms with Gasteiger partial charge < -0.3 is 0 Å². The second kappa shape index (κ2) is 7.42. The van der Waals surface area contributed by atoms with Crippen LogP contribution in [0.3, 0.4) is 0 Å². The number of hydrogen-bond donors (Lipinski definition) is 0. The number of benzene rings is 3. The van der Waals surface area contributed by atoms with Crippen LogP contribution in [0.25, 0.3) is 55.7 Å². The molecule has 4 heteroatoms. The van der Waals surface area contributed by atoms with Crippen LogP contribution in [-0.2, 0) is 0 Å². The molecular formula is C30H20N4. The van der Waals surface area contributed by atoms with Crippen molar-refractivity contribution < 1.29 is 0 Å². The van der Waals surface area contributed by atoms with E-state index in [0.29, 0.717) is 0 Å². The summed E-state index contributed by atoms with van der Waals surface area (Å²) >= 11 is 0. The van der Waals surface area contributed by atoms with Crippen LogP contribution in [0.1, 0.15) is 0 Å². The van der Waals surface area contributed by atoms with Crippen LogP contribution < -0.4 is 0 Å². The predicted molar refractivity (Wildman–Crippen MR) is 139 cm³/mol. The van der Waals surface area contributed by atoms with Crippen molar-refractivity contribution in [3.8, 4) is 22.8 Å². The van der Waals surface area contributed by atoms with E-state index in [9.17, 15) is 0 Å². The van der Waals surface area contributed by atoms with Gasteiger partial charge in [-0.25, -0.2) is 9.97 Å². The maximum absolute atomic E-state index is 5.10. The summed E-state index contributed by atoms with van der Waals surface area (Å²) in [4.78, 5) is 9.92. The zero-order valence-corrected chi connectivity index (χ0v) is 18.3. The molecule has 4 aromatic heterocycles. The van der Waals surface area contributed by atoms with Gasteiger partial charge in [-0.3, -0.25) is 9.13 Å². The van der Waals surface area contributed by atoms with Gasteiger partial charge in [-0.1, -0.05) is 72.8 Å². The van der Waals surface area contributed by atoms with Crippen LogP contribution in [-0.4, -0.2) is 19.1 Å². The van der Waals surface area contributed by atoms with E-state index in [4.69, 9.17) is 9.97 Å². The quantitative estimate of drug-likeness (QED) is 0.294. The third-order valence-electron chi connectivity index (χ3n) is 6.38. The molecule has 0 amide bonds. The zero-order valence-electron chi connectivity index (χ0n) is 18.3. The fourth-order valence-corrected chi connectivity index (χ4v) is 4.95. The highest BCUT2D eigenvalue weighted by Crippen LogP contribution is 2.39. The monoisotopic (exact) mass is 436 g/mol. The van der Waals surface area contributed by atoms with Gasteiger partial charge in [0.25, 0.3) is 0 Å². The molecule has 0 fully saturated rings. The van der Waals surface area contributed by atoms with Crippen molar-refractivity contribution in [2.24, 2.45) is 0 Å². The molecule has 0 spiro atoms. The summed E-state index contributed by atoms with van der Waals surface area (Å²) in [7, 11) is 0. The lowest BCUT2D eigenvalue weighted by molar-refractivity contribution is 1.01. The summed E-state index contributed by atoms with van der Waals surface area (Å²) in [5.74, 6) is 0.847. The van der Waals surface area contributed by atoms with E-state index in [2.05, 4.69) is 94.1 Å². The largest absolute Gasteiger partial charge is 0.295 e. The Bertz CT molecular complexity index is 1790. The molecule has 34 heavy (non-hydrogen) atoms. The third kappa shape index (κ3) is 2.72. The van der Waals surface area contributed by atoms with Crippen molar-refractivity contribution in [3.63, 3.8) is 0 Å². The number of pyridine rings is 2. The lowest BCUT2D eigenvalue weighted by atomic mass is 10.1. The number of hydrogen-bond acceptors (Lipinski definition) is 2. The molecule has 0 atom stereocenters. The van der Waals surface area contributed by atoms with Crippen LogP contribution in [0.2, 0.25) is 0 Å². The molecule has 0 unspecified atom stereocenters. The summed E-state index contributed by atoms with van der Waals surface area (Å²) in [6.07, 6.45) is 1.85. The summed E-state index contributed by atoms with van der Waals surface area (Å²) in [6, 6.07) is 39.7. The molecule has 0 aliphatic heterocycles. The van der Waals surface area contributed by atoms with Gasteiger partial charge in [0.1, 0.15) is 17.1 Å². The van der Waals surface area contributed by atoms with Crippen molar-refractivity contribution in [3.05, 3.63) is 121 Å². The van der Waals surface area contributed by atoms with Crippen LogP contribution in [0.5, 0.6) is 0 Å². The minimum atomic E-state index is 0.847. The Kier molecular flexibility index (Phi) is 4.11. The third-order valence-corrected chi connectivity index (χ3v) is 6.38. The normalized spacial score (nSPS) is 11.5. The summed E-state index contributed by atoms with van der Waals surface area (Å²) < 4.78 is 4.52. The summed E-state index contributed by atoms with van der Waals surface area (Å²) in [5, 5.41) is 3.52. The van der Waals surface area contributed by atoms with E-state index in [1.54, 1.807) is 0 Å². The fraction of sp³-hybridized carbons (Fsp3) is 0. The van der Waals surface area contributed by atoms with Crippen molar-refractivity contribution in [1.29, 1.82) is 0 Å². The summed E-state index contributed by atoms with van der Waals surface area (Å²) in [6.45, 7) is 0. The van der Waals surface area contributed by atoms with E-state index in [1.165, 1.54) is 10.8 Å². The minimum Gasteiger partial charge on any atom is -0.295 e. The van der Waals surface area contributed by atoms with Gasteiger partial charge in [0.05, 0.1) is 11.2 Å². The average molecular weight is 437 g/mol. The highest BCUT2D eigenvalue weighted by atomic mass is 15.2. The first-order valence-electron chi connectivity index (χ1n) is 11.4. The highest BCUT2D eigenvalue weighted by Gasteiger charge is 2.23. The second-order valence-corrected chi connectivity index (χ2v) is 8.34. The van der Waals surface area contributed by atoms with Crippen molar-refractivity contribution in [2.45, 2.75) is 0 Å². The molecule has 7 rings (SSSR count). The fourth-order valence-electron chi connectivity index (χ4n) is 4.95. The number of rotatable bonds is 3. The first kappa shape index (κ1) is 18.8. The van der Waals surface area contributed by atoms with Crippen LogP contribution in [0.4, 0.5) is 0 Å². The van der Waals surface area contributed by atoms with E-state index < -0.39 is 0 Å². The Morgan fingerprint density at radius 2 is 1.29 bits per heavy atom. The molecule has 0 radical (unpaired) electrons. The second-order valence-electron chi connectivity index (χ2n) is 8.34. The maximum atomic E-state index is 5.10. The van der Waals surface area contributed by atoms with Gasteiger partial charge >= 0.3 is 0 Å². The van der Waals surface area contributed by atoms with E-state index >= 15 is 0 Å². The number of para-hydroxylation sites is 2. The molecule has 0 saturated heterocycles. The molecule has 7 aromatic rings. The Labute approximate surface area is 196 Å². The van der Waals surface area contributed by atoms with E-state index in [1.807, 2.05) is 36.5 Å². The first-order valence-corrected chi connectivity index (χ1v) is 11.4. The first-order chi connectivity index (χ1) is 16.9. The van der Waals surface area contributed by atoms with Gasteiger partial charge in [-0.05, 0) is 42.5 Å². The molecule has 4 nitrogen and oxygen atoms in total. The standard InChI is InChI=1S/C30H20N4/c1-3-11-21(12-4-1)25-17-9-19-27(32-25)34-29-24(16-10-20-31-29)28-23-15-7-8-18-26(23)33(30(28)34)22-13-5-2-6-14-22/h1-20H. The number of nitrogens with zero attached hydrogens (tertiary/aromatic N) is 4. The van der Waals surface area contributed by atoms with Crippen LogP contribution in [0.15, 0.2) is 121 Å².